The fourth-order valence-electron chi connectivity index (χ4n) is 3.47. The smallest absolute Gasteiger partial charge is 0.0576 e. The molecule has 30 heavy (non-hydrogen) atoms. The molecular formula is C26H32Cl2SiTi-2. The van der Waals surface area contributed by atoms with Crippen molar-refractivity contribution in [3.05, 3.63) is 81.9 Å². The predicted octanol–water partition coefficient (Wildman–Crippen LogP) is 9.13. The number of halogens is 2. The van der Waals surface area contributed by atoms with Gasteiger partial charge in [-0.05, 0) is 0 Å². The van der Waals surface area contributed by atoms with Crippen molar-refractivity contribution in [2.45, 2.75) is 54.6 Å². The molecule has 0 saturated heterocycles. The third kappa shape index (κ3) is 6.11. The Kier molecular flexibility index (Phi) is 9.46. The van der Waals surface area contributed by atoms with Crippen molar-refractivity contribution in [1.82, 2.24) is 0 Å². The number of hydrogen-bond donors (Lipinski definition) is 0. The molecule has 0 spiro atoms. The van der Waals surface area contributed by atoms with Gasteiger partial charge in [0.2, 0.25) is 0 Å². The zero-order chi connectivity index (χ0) is 22.6. The summed E-state index contributed by atoms with van der Waals surface area (Å²) in [6.45, 7) is 17.4. The third-order valence-electron chi connectivity index (χ3n) is 5.74. The van der Waals surface area contributed by atoms with Gasteiger partial charge in [0.15, 0.2) is 0 Å². The monoisotopic (exact) mass is 490 g/mol. The number of fused-ring (bicyclic) bond motifs is 2. The van der Waals surface area contributed by atoms with Crippen LogP contribution in [0.1, 0.15) is 33.4 Å². The Balaban J connectivity index is 0.000000171. The van der Waals surface area contributed by atoms with Gasteiger partial charge in [-0.15, -0.1) is 80.2 Å². The van der Waals surface area contributed by atoms with Crippen molar-refractivity contribution in [1.29, 1.82) is 0 Å². The van der Waals surface area contributed by atoms with Gasteiger partial charge in [0.05, 0.1) is 0 Å². The molecule has 0 saturated carbocycles. The van der Waals surface area contributed by atoms with Gasteiger partial charge < -0.3 is 0 Å². The van der Waals surface area contributed by atoms with E-state index in [9.17, 15) is 0 Å². The van der Waals surface area contributed by atoms with Gasteiger partial charge in [-0.2, -0.15) is 11.1 Å². The van der Waals surface area contributed by atoms with Crippen molar-refractivity contribution in [2.75, 3.05) is 0 Å². The van der Waals surface area contributed by atoms with Crippen LogP contribution in [0.4, 0.5) is 0 Å². The summed E-state index contributed by atoms with van der Waals surface area (Å²) in [5.74, 6) is 0. The molecule has 4 rings (SSSR count). The summed E-state index contributed by atoms with van der Waals surface area (Å²) in [6, 6.07) is 17.5. The molecule has 0 aliphatic rings. The summed E-state index contributed by atoms with van der Waals surface area (Å²) in [4.78, 5) is 0. The third-order valence-corrected chi connectivity index (χ3v) is 19.4. The van der Waals surface area contributed by atoms with E-state index >= 15 is 0 Å². The molecule has 0 heterocycles. The van der Waals surface area contributed by atoms with E-state index in [4.69, 9.17) is 18.6 Å². The van der Waals surface area contributed by atoms with Gasteiger partial charge in [-0.25, -0.2) is 0 Å². The van der Waals surface area contributed by atoms with E-state index in [-0.39, 0.29) is 6.19 Å². The summed E-state index contributed by atoms with van der Waals surface area (Å²) in [7, 11) is 11.2. The maximum absolute atomic E-state index is 5.59. The molecule has 4 aromatic carbocycles. The van der Waals surface area contributed by atoms with E-state index in [0.717, 1.165) is 0 Å². The molecule has 0 nitrogen and oxygen atoms in total. The minimum Gasteiger partial charge on any atom is -0.154 e. The Morgan fingerprint density at radius 1 is 0.667 bits per heavy atom. The average molecular weight is 491 g/mol. The minimum absolute atomic E-state index is 0.254. The maximum atomic E-state index is 5.59. The van der Waals surface area contributed by atoms with Gasteiger partial charge in [-0.3, -0.25) is 0 Å². The van der Waals surface area contributed by atoms with Crippen LogP contribution >= 0.6 is 18.6 Å². The van der Waals surface area contributed by atoms with Crippen LogP contribution in [-0.2, 0) is 14.5 Å². The first-order valence-corrected chi connectivity index (χ1v) is 19.4. The Labute approximate surface area is 196 Å². The van der Waals surface area contributed by atoms with Crippen LogP contribution in [0.3, 0.4) is 0 Å². The van der Waals surface area contributed by atoms with Gasteiger partial charge in [0, 0.05) is 0 Å². The summed E-state index contributed by atoms with van der Waals surface area (Å²) in [5, 5.41) is 5.64. The standard InChI is InChI=1S/2C12H13.C2H6Si.2ClH.Ti/c2*1-8-5-4-6-11-10(3)9(2)7-12(8)11;1-3-2;;;/h2*4-7H,1-3H3;1-2H3;2*1H;/q2*-1;;;;+2/p-2. The Morgan fingerprint density at radius 2 is 1.00 bits per heavy atom. The number of hydrogen-bond acceptors (Lipinski definition) is 0. The van der Waals surface area contributed by atoms with Crippen LogP contribution in [0.2, 0.25) is 13.1 Å². The second kappa shape index (κ2) is 11.2. The van der Waals surface area contributed by atoms with Gasteiger partial charge in [-0.1, -0.05) is 53.7 Å². The molecule has 0 atom stereocenters. The van der Waals surface area contributed by atoms with Crippen molar-refractivity contribution >= 4 is 46.3 Å². The Hall–Kier alpha value is -0.829. The SMILES string of the molecule is C[Si](C)=[Ti]([Cl])[Cl].Cc1[cH-]c2c(C)cccc2c1C.Cc1[cH-]c2c(C)cccc2c1C. The largest absolute Gasteiger partial charge is 0.154 e. The normalized spacial score (nSPS) is 10.3. The summed E-state index contributed by atoms with van der Waals surface area (Å²) in [5.41, 5.74) is 8.41. The first kappa shape index (κ1) is 25.4. The topological polar surface area (TPSA) is 0 Å². The fraction of sp³-hybridized carbons (Fsp3) is 0.308. The second-order valence-electron chi connectivity index (χ2n) is 8.24. The summed E-state index contributed by atoms with van der Waals surface area (Å²) in [6.07, 6.45) is -0.254. The van der Waals surface area contributed by atoms with Crippen LogP contribution < -0.4 is 0 Å². The summed E-state index contributed by atoms with van der Waals surface area (Å²) >= 11 is -1.42. The van der Waals surface area contributed by atoms with E-state index in [2.05, 4.69) is 103 Å². The molecule has 0 aliphatic heterocycles. The maximum Gasteiger partial charge on any atom is -0.0576 e. The van der Waals surface area contributed by atoms with Crippen molar-refractivity contribution < 1.29 is 14.5 Å². The molecule has 0 aliphatic carbocycles. The van der Waals surface area contributed by atoms with Crippen LogP contribution in [0.15, 0.2) is 48.5 Å². The van der Waals surface area contributed by atoms with Crippen molar-refractivity contribution in [3.8, 4) is 0 Å². The molecule has 0 unspecified atom stereocenters. The first-order valence-electron chi connectivity index (χ1n) is 10.3. The molecule has 0 N–H and O–H groups in total. The second-order valence-corrected chi connectivity index (χ2v) is 24.3. The zero-order valence-electron chi connectivity index (χ0n) is 19.4. The van der Waals surface area contributed by atoms with Crippen LogP contribution in [-0.4, -0.2) is 6.19 Å². The van der Waals surface area contributed by atoms with Crippen molar-refractivity contribution in [2.24, 2.45) is 0 Å². The van der Waals surface area contributed by atoms with E-state index in [1.807, 2.05) is 0 Å². The Bertz CT molecular complexity index is 1090. The molecule has 0 amide bonds. The number of benzene rings is 2. The van der Waals surface area contributed by atoms with Crippen LogP contribution in [0.25, 0.3) is 21.5 Å². The van der Waals surface area contributed by atoms with Gasteiger partial charge in [0.25, 0.3) is 0 Å². The molecule has 0 radical (unpaired) electrons. The average Bonchev–Trinajstić information content (AvgIpc) is 3.15. The zero-order valence-corrected chi connectivity index (χ0v) is 23.4. The first-order chi connectivity index (χ1) is 14.0. The number of rotatable bonds is 0. The molecular weight excluding hydrogens is 459 g/mol. The summed E-state index contributed by atoms with van der Waals surface area (Å²) < 4.78 is 0. The molecule has 160 valence electrons. The van der Waals surface area contributed by atoms with Crippen LogP contribution in [0.5, 0.6) is 0 Å². The van der Waals surface area contributed by atoms with Crippen molar-refractivity contribution in [3.63, 3.8) is 0 Å². The van der Waals surface area contributed by atoms with E-state index < -0.39 is 14.5 Å². The number of aryl methyl sites for hydroxylation is 6. The Morgan fingerprint density at radius 3 is 1.27 bits per heavy atom. The quantitative estimate of drug-likeness (QED) is 0.170. The van der Waals surface area contributed by atoms with E-state index in [1.165, 1.54) is 54.9 Å². The fourth-order valence-corrected chi connectivity index (χ4v) is 3.47. The van der Waals surface area contributed by atoms with Gasteiger partial charge in [0.1, 0.15) is 0 Å². The minimum atomic E-state index is -1.42. The van der Waals surface area contributed by atoms with E-state index in [1.54, 1.807) is 0 Å². The molecule has 0 aromatic heterocycles. The molecule has 0 bridgehead atoms. The molecule has 0 fully saturated rings. The van der Waals surface area contributed by atoms with Gasteiger partial charge >= 0.3 is 52.4 Å². The van der Waals surface area contributed by atoms with E-state index in [0.29, 0.717) is 0 Å². The van der Waals surface area contributed by atoms with Crippen LogP contribution in [0, 0.1) is 41.5 Å². The predicted molar refractivity (Wildman–Crippen MR) is 137 cm³/mol. The molecule has 4 aromatic rings. The molecule has 4 heteroatoms.